The molecule has 0 aromatic rings. The van der Waals surface area contributed by atoms with E-state index in [9.17, 15) is 5.11 Å². The van der Waals surface area contributed by atoms with Crippen LogP contribution in [0, 0.1) is 0 Å². The molecule has 0 aromatic carbocycles. The Morgan fingerprint density at radius 3 is 1.78 bits per heavy atom. The Hall–Kier alpha value is -0.0951. The molecule has 3 aliphatic rings. The van der Waals surface area contributed by atoms with Crippen LogP contribution in [0.2, 0.25) is 0 Å². The Balaban J connectivity index is 2.13. The molecule has 0 spiro atoms. The van der Waals surface area contributed by atoms with Crippen molar-refractivity contribution in [1.82, 2.24) is 0 Å². The zero-order chi connectivity index (χ0) is 6.70. The van der Waals surface area contributed by atoms with E-state index in [0.29, 0.717) is 0 Å². The molecule has 3 aliphatic heterocycles. The Morgan fingerprint density at radius 1 is 1.33 bits per heavy atom. The van der Waals surface area contributed by atoms with Gasteiger partial charge in [-0.25, -0.2) is 0 Å². The second-order valence-electron chi connectivity index (χ2n) is 2.76. The second-order valence-corrected chi connectivity index (χ2v) is 2.76. The summed E-state index contributed by atoms with van der Waals surface area (Å²) in [5.41, 5.74) is -1.07. The van der Waals surface area contributed by atoms with E-state index in [-0.39, 0.29) is 0 Å². The third-order valence-corrected chi connectivity index (χ3v) is 1.50. The molecule has 3 rings (SSSR count). The summed E-state index contributed by atoms with van der Waals surface area (Å²) >= 11 is 0. The molecule has 5 heteroatoms. The van der Waals surface area contributed by atoms with Gasteiger partial charge in [0.15, 0.2) is 0 Å². The molecule has 3 fully saturated rings. The Kier molecular flexibility index (Phi) is 0.741. The summed E-state index contributed by atoms with van der Waals surface area (Å²) < 4.78 is 14.7. The first kappa shape index (κ1) is 5.67. The molecule has 0 aliphatic carbocycles. The molecule has 0 radical (unpaired) electrons. The van der Waals surface area contributed by atoms with E-state index >= 15 is 0 Å². The minimum absolute atomic E-state index is 0.517. The normalized spacial score (nSPS) is 29.0. The highest BCUT2D eigenvalue weighted by molar-refractivity contribution is 6.43. The van der Waals surface area contributed by atoms with Crippen LogP contribution in [-0.2, 0) is 14.0 Å². The molecule has 9 heavy (non-hydrogen) atoms. The van der Waals surface area contributed by atoms with E-state index in [1.54, 1.807) is 13.8 Å². The molecule has 0 saturated carbocycles. The lowest BCUT2D eigenvalue weighted by Gasteiger charge is -2.60. The first-order valence-electron chi connectivity index (χ1n) is 2.79. The standard InChI is InChI=1S/C4H7BO4/c1-3(2,6)4-7-5(8-4)9-4/h6H,1-2H3. The van der Waals surface area contributed by atoms with Crippen LogP contribution in [0.25, 0.3) is 0 Å². The van der Waals surface area contributed by atoms with E-state index in [2.05, 4.69) is 0 Å². The van der Waals surface area contributed by atoms with Crippen molar-refractivity contribution >= 4 is 7.32 Å². The molecule has 3 heterocycles. The average molecular weight is 130 g/mol. The maximum atomic E-state index is 9.26. The van der Waals surface area contributed by atoms with Crippen molar-refractivity contribution in [3.63, 3.8) is 0 Å². The molecular formula is C4H7BO4. The molecule has 3 saturated heterocycles. The fraction of sp³-hybridized carbons (Fsp3) is 1.00. The van der Waals surface area contributed by atoms with Crippen LogP contribution in [0.15, 0.2) is 0 Å². The second kappa shape index (κ2) is 1.18. The molecule has 4 nitrogen and oxygen atoms in total. The molecule has 0 aromatic heterocycles. The highest BCUT2D eigenvalue weighted by Crippen LogP contribution is 2.48. The van der Waals surface area contributed by atoms with E-state index in [1.165, 1.54) is 0 Å². The summed E-state index contributed by atoms with van der Waals surface area (Å²) in [6, 6.07) is 0. The first-order valence-corrected chi connectivity index (χ1v) is 2.79. The maximum absolute atomic E-state index is 9.26. The van der Waals surface area contributed by atoms with Crippen LogP contribution in [0.5, 0.6) is 0 Å². The topological polar surface area (TPSA) is 47.9 Å². The van der Waals surface area contributed by atoms with Crippen molar-refractivity contribution in [3.05, 3.63) is 0 Å². The van der Waals surface area contributed by atoms with Crippen LogP contribution < -0.4 is 0 Å². The van der Waals surface area contributed by atoms with Crippen LogP contribution >= 0.6 is 0 Å². The van der Waals surface area contributed by atoms with E-state index in [0.717, 1.165) is 0 Å². The maximum Gasteiger partial charge on any atom is 0.651 e. The van der Waals surface area contributed by atoms with Crippen LogP contribution in [0.1, 0.15) is 13.8 Å². The van der Waals surface area contributed by atoms with Crippen molar-refractivity contribution in [2.45, 2.75) is 25.4 Å². The summed E-state index contributed by atoms with van der Waals surface area (Å²) in [4.78, 5) is 0. The molecule has 0 unspecified atom stereocenters. The van der Waals surface area contributed by atoms with Gasteiger partial charge < -0.3 is 19.1 Å². The quantitative estimate of drug-likeness (QED) is 0.484. The minimum Gasteiger partial charge on any atom is -0.382 e. The molecule has 1 N–H and O–H groups in total. The van der Waals surface area contributed by atoms with Gasteiger partial charge in [-0.2, -0.15) is 0 Å². The summed E-state index contributed by atoms with van der Waals surface area (Å²) in [6.07, 6.45) is 0. The molecular weight excluding hydrogens is 123 g/mol. The van der Waals surface area contributed by atoms with Gasteiger partial charge in [0.05, 0.1) is 0 Å². The van der Waals surface area contributed by atoms with Gasteiger partial charge in [0, 0.05) is 0 Å². The molecule has 50 valence electrons. The molecule has 0 amide bonds. The van der Waals surface area contributed by atoms with Gasteiger partial charge >= 0.3 is 7.32 Å². The lowest BCUT2D eigenvalue weighted by Crippen LogP contribution is -2.82. The van der Waals surface area contributed by atoms with Crippen molar-refractivity contribution in [1.29, 1.82) is 0 Å². The number of aliphatic hydroxyl groups is 1. The molecule has 0 atom stereocenters. The lowest BCUT2D eigenvalue weighted by atomic mass is 9.91. The van der Waals surface area contributed by atoms with Crippen LogP contribution in [0.3, 0.4) is 0 Å². The monoisotopic (exact) mass is 130 g/mol. The first-order chi connectivity index (χ1) is 4.04. The van der Waals surface area contributed by atoms with Gasteiger partial charge in [-0.3, -0.25) is 0 Å². The van der Waals surface area contributed by atoms with E-state index in [4.69, 9.17) is 14.0 Å². The summed E-state index contributed by atoms with van der Waals surface area (Å²) in [6.45, 7) is 3.14. The Bertz CT molecular complexity index is 134. The van der Waals surface area contributed by atoms with Crippen LogP contribution in [-0.4, -0.2) is 24.0 Å². The van der Waals surface area contributed by atoms with Gasteiger partial charge in [0.1, 0.15) is 5.60 Å². The highest BCUT2D eigenvalue weighted by atomic mass is 17.1. The van der Waals surface area contributed by atoms with Gasteiger partial charge in [-0.15, -0.1) is 0 Å². The van der Waals surface area contributed by atoms with Gasteiger partial charge in [-0.05, 0) is 13.8 Å². The van der Waals surface area contributed by atoms with Gasteiger partial charge in [0.2, 0.25) is 0 Å². The highest BCUT2D eigenvalue weighted by Gasteiger charge is 2.75. The zero-order valence-corrected chi connectivity index (χ0v) is 5.25. The van der Waals surface area contributed by atoms with Crippen molar-refractivity contribution in [2.24, 2.45) is 0 Å². The predicted molar refractivity (Wildman–Crippen MR) is 28.0 cm³/mol. The smallest absolute Gasteiger partial charge is 0.382 e. The third-order valence-electron chi connectivity index (χ3n) is 1.50. The number of hydrogen-bond acceptors (Lipinski definition) is 4. The largest absolute Gasteiger partial charge is 0.651 e. The third kappa shape index (κ3) is 0.482. The van der Waals surface area contributed by atoms with Gasteiger partial charge in [-0.1, -0.05) is 0 Å². The van der Waals surface area contributed by atoms with Crippen molar-refractivity contribution < 1.29 is 19.1 Å². The fourth-order valence-electron chi connectivity index (χ4n) is 0.839. The number of rotatable bonds is 1. The van der Waals surface area contributed by atoms with Crippen molar-refractivity contribution in [2.75, 3.05) is 0 Å². The van der Waals surface area contributed by atoms with E-state index < -0.39 is 18.9 Å². The Morgan fingerprint density at radius 2 is 1.78 bits per heavy atom. The summed E-state index contributed by atoms with van der Waals surface area (Å²) in [5.74, 6) is -1.14. The van der Waals surface area contributed by atoms with E-state index in [1.807, 2.05) is 0 Å². The molecule has 2 bridgehead atoms. The number of hydrogen-bond donors (Lipinski definition) is 1. The minimum atomic E-state index is -1.14. The predicted octanol–water partition coefficient (Wildman–Crippen LogP) is -0.527. The zero-order valence-electron chi connectivity index (χ0n) is 5.25. The SMILES string of the molecule is CC(C)(O)C12OB(O1)O2. The van der Waals surface area contributed by atoms with Gasteiger partial charge in [0.25, 0.3) is 5.97 Å². The lowest BCUT2D eigenvalue weighted by molar-refractivity contribution is -0.507. The average Bonchev–Trinajstić information content (AvgIpc) is 1.08. The van der Waals surface area contributed by atoms with Crippen molar-refractivity contribution in [3.8, 4) is 0 Å². The summed E-state index contributed by atoms with van der Waals surface area (Å²) in [5, 5.41) is 9.26. The fourth-order valence-corrected chi connectivity index (χ4v) is 0.839. The van der Waals surface area contributed by atoms with Crippen LogP contribution in [0.4, 0.5) is 0 Å². The summed E-state index contributed by atoms with van der Waals surface area (Å²) in [7, 11) is -0.517. The Labute approximate surface area is 52.9 Å².